The molecule has 7 nitrogen and oxygen atoms in total. The molecule has 2 amide bonds. The summed E-state index contributed by atoms with van der Waals surface area (Å²) in [4.78, 5) is 28.7. The van der Waals surface area contributed by atoms with Gasteiger partial charge in [-0.15, -0.1) is 0 Å². The van der Waals surface area contributed by atoms with Crippen molar-refractivity contribution >= 4 is 39.1 Å². The number of hydrogen-bond donors (Lipinski definition) is 1. The second kappa shape index (κ2) is 13.8. The summed E-state index contributed by atoms with van der Waals surface area (Å²) in [6, 6.07) is 17.8. The number of amides is 2. The molecular formula is C30H35ClFN3O4S. The van der Waals surface area contributed by atoms with Crippen LogP contribution in [0.2, 0.25) is 5.02 Å². The third-order valence-corrected chi connectivity index (χ3v) is 8.55. The third-order valence-electron chi connectivity index (χ3n) is 6.47. The Morgan fingerprint density at radius 3 is 2.25 bits per heavy atom. The number of carbonyl (C=O) groups is 2. The van der Waals surface area contributed by atoms with E-state index in [0.29, 0.717) is 13.0 Å². The number of rotatable bonds is 12. The van der Waals surface area contributed by atoms with Gasteiger partial charge in [0.2, 0.25) is 11.8 Å². The van der Waals surface area contributed by atoms with Gasteiger partial charge in [-0.3, -0.25) is 13.9 Å². The van der Waals surface area contributed by atoms with E-state index in [2.05, 4.69) is 5.32 Å². The van der Waals surface area contributed by atoms with Gasteiger partial charge in [0.15, 0.2) is 0 Å². The van der Waals surface area contributed by atoms with E-state index < -0.39 is 34.3 Å². The number of nitrogens with one attached hydrogen (secondary N) is 1. The summed E-state index contributed by atoms with van der Waals surface area (Å²) in [6.07, 6.45) is 0.315. The Kier molecular flexibility index (Phi) is 10.7. The van der Waals surface area contributed by atoms with Gasteiger partial charge in [0.05, 0.1) is 15.6 Å². The highest BCUT2D eigenvalue weighted by Gasteiger charge is 2.34. The second-order valence-corrected chi connectivity index (χ2v) is 12.2. The molecule has 0 spiro atoms. The van der Waals surface area contributed by atoms with Gasteiger partial charge < -0.3 is 10.2 Å². The highest BCUT2D eigenvalue weighted by molar-refractivity contribution is 7.92. The first kappa shape index (κ1) is 31.1. The molecule has 0 saturated carbocycles. The minimum atomic E-state index is -4.26. The molecule has 1 N–H and O–H groups in total. The topological polar surface area (TPSA) is 86.8 Å². The molecule has 3 aromatic rings. The number of anilines is 1. The van der Waals surface area contributed by atoms with Crippen LogP contribution in [-0.2, 0) is 26.2 Å². The number of nitrogens with zero attached hydrogens (tertiary/aromatic N) is 2. The SMILES string of the molecule is CC[C@@H](C(=O)NCC(C)C)N(Cc1ccccc1C)C(=O)CN(c1ccc(F)c(Cl)c1)S(=O)(=O)c1ccccc1. The van der Waals surface area contributed by atoms with Crippen LogP contribution in [0, 0.1) is 18.7 Å². The highest BCUT2D eigenvalue weighted by Crippen LogP contribution is 2.28. The quantitative estimate of drug-likeness (QED) is 0.300. The Balaban J connectivity index is 2.07. The van der Waals surface area contributed by atoms with Gasteiger partial charge >= 0.3 is 0 Å². The van der Waals surface area contributed by atoms with Crippen LogP contribution in [0.15, 0.2) is 77.7 Å². The third kappa shape index (κ3) is 7.61. The maximum Gasteiger partial charge on any atom is 0.264 e. The predicted octanol–water partition coefficient (Wildman–Crippen LogP) is 5.56. The molecule has 0 aliphatic heterocycles. The molecule has 40 heavy (non-hydrogen) atoms. The monoisotopic (exact) mass is 587 g/mol. The molecule has 0 heterocycles. The van der Waals surface area contributed by atoms with Gasteiger partial charge in [0, 0.05) is 13.1 Å². The van der Waals surface area contributed by atoms with Gasteiger partial charge in [-0.2, -0.15) is 0 Å². The largest absolute Gasteiger partial charge is 0.354 e. The van der Waals surface area contributed by atoms with Crippen molar-refractivity contribution in [2.45, 2.75) is 51.6 Å². The zero-order valence-electron chi connectivity index (χ0n) is 23.1. The lowest BCUT2D eigenvalue weighted by Gasteiger charge is -2.33. The predicted molar refractivity (Wildman–Crippen MR) is 156 cm³/mol. The van der Waals surface area contributed by atoms with E-state index in [9.17, 15) is 22.4 Å². The van der Waals surface area contributed by atoms with E-state index in [-0.39, 0.29) is 34.0 Å². The van der Waals surface area contributed by atoms with Crippen molar-refractivity contribution in [1.82, 2.24) is 10.2 Å². The van der Waals surface area contributed by atoms with Crippen molar-refractivity contribution in [3.8, 4) is 0 Å². The summed E-state index contributed by atoms with van der Waals surface area (Å²) in [6.45, 7) is 7.56. The van der Waals surface area contributed by atoms with Crippen LogP contribution in [-0.4, -0.2) is 44.3 Å². The number of sulfonamides is 1. The molecule has 0 radical (unpaired) electrons. The Labute approximate surface area is 241 Å². The van der Waals surface area contributed by atoms with Crippen molar-refractivity contribution in [1.29, 1.82) is 0 Å². The number of halogens is 2. The Bertz CT molecular complexity index is 1430. The maximum absolute atomic E-state index is 14.0. The normalized spacial score (nSPS) is 12.2. The van der Waals surface area contributed by atoms with Gasteiger partial charge in [0.1, 0.15) is 18.4 Å². The number of benzene rings is 3. The van der Waals surface area contributed by atoms with Crippen molar-refractivity contribution in [2.24, 2.45) is 5.92 Å². The van der Waals surface area contributed by atoms with Crippen LogP contribution in [0.25, 0.3) is 0 Å². The molecule has 0 bridgehead atoms. The summed E-state index contributed by atoms with van der Waals surface area (Å²) in [5.74, 6) is -1.42. The van der Waals surface area contributed by atoms with Gasteiger partial charge in [-0.1, -0.05) is 74.8 Å². The highest BCUT2D eigenvalue weighted by atomic mass is 35.5. The van der Waals surface area contributed by atoms with Crippen molar-refractivity contribution in [2.75, 3.05) is 17.4 Å². The van der Waals surface area contributed by atoms with Crippen LogP contribution >= 0.6 is 11.6 Å². The summed E-state index contributed by atoms with van der Waals surface area (Å²) in [7, 11) is -4.26. The fraction of sp³-hybridized carbons (Fsp3) is 0.333. The first-order valence-electron chi connectivity index (χ1n) is 13.1. The van der Waals surface area contributed by atoms with Crippen LogP contribution in [0.1, 0.15) is 38.3 Å². The Morgan fingerprint density at radius 2 is 1.65 bits per heavy atom. The molecule has 214 valence electrons. The van der Waals surface area contributed by atoms with E-state index in [1.807, 2.05) is 45.0 Å². The summed E-state index contributed by atoms with van der Waals surface area (Å²) in [5, 5.41) is 2.62. The smallest absolute Gasteiger partial charge is 0.264 e. The molecule has 0 saturated heterocycles. The lowest BCUT2D eigenvalue weighted by atomic mass is 10.1. The van der Waals surface area contributed by atoms with Crippen molar-refractivity contribution in [3.05, 3.63) is 94.8 Å². The molecule has 0 aromatic heterocycles. The van der Waals surface area contributed by atoms with Crippen LogP contribution < -0.4 is 9.62 Å². The fourth-order valence-corrected chi connectivity index (χ4v) is 5.80. The van der Waals surface area contributed by atoms with Gasteiger partial charge in [-0.25, -0.2) is 12.8 Å². The molecule has 0 fully saturated rings. The molecule has 3 aromatic carbocycles. The lowest BCUT2D eigenvalue weighted by Crippen LogP contribution is -2.52. The van der Waals surface area contributed by atoms with Crippen LogP contribution in [0.3, 0.4) is 0 Å². The first-order valence-corrected chi connectivity index (χ1v) is 14.9. The number of carbonyl (C=O) groups excluding carboxylic acids is 2. The average molecular weight is 588 g/mol. The van der Waals surface area contributed by atoms with Gasteiger partial charge in [-0.05, 0) is 60.7 Å². The second-order valence-electron chi connectivity index (χ2n) is 9.93. The minimum Gasteiger partial charge on any atom is -0.354 e. The summed E-state index contributed by atoms with van der Waals surface area (Å²) < 4.78 is 42.5. The molecule has 1 atom stereocenters. The Hall–Kier alpha value is -3.43. The molecule has 10 heteroatoms. The van der Waals surface area contributed by atoms with Crippen LogP contribution in [0.5, 0.6) is 0 Å². The van der Waals surface area contributed by atoms with Crippen molar-refractivity contribution in [3.63, 3.8) is 0 Å². The number of aryl methyl sites for hydroxylation is 1. The zero-order valence-corrected chi connectivity index (χ0v) is 24.7. The summed E-state index contributed by atoms with van der Waals surface area (Å²) in [5.41, 5.74) is 1.78. The molecule has 0 aliphatic rings. The maximum atomic E-state index is 14.0. The van der Waals surface area contributed by atoms with E-state index in [1.54, 1.807) is 25.1 Å². The van der Waals surface area contributed by atoms with E-state index in [1.165, 1.54) is 29.2 Å². The van der Waals surface area contributed by atoms with Crippen molar-refractivity contribution < 1.29 is 22.4 Å². The van der Waals surface area contributed by atoms with Crippen LogP contribution in [0.4, 0.5) is 10.1 Å². The minimum absolute atomic E-state index is 0.0248. The standard InChI is InChI=1S/C30H35ClFN3O4S/c1-5-28(30(37)33-18-21(2)3)34(19-23-12-10-9-11-22(23)4)29(36)20-35(24-15-16-27(32)26(31)17-24)40(38,39)25-13-7-6-8-14-25/h6-17,21,28H,5,18-20H2,1-4H3,(H,33,37)/t28-/m0/s1. The van der Waals surface area contributed by atoms with Gasteiger partial charge in [0.25, 0.3) is 10.0 Å². The first-order chi connectivity index (χ1) is 18.9. The van der Waals surface area contributed by atoms with E-state index >= 15 is 0 Å². The Morgan fingerprint density at radius 1 is 1.00 bits per heavy atom. The van der Waals surface area contributed by atoms with E-state index in [0.717, 1.165) is 21.5 Å². The fourth-order valence-electron chi connectivity index (χ4n) is 4.20. The average Bonchev–Trinajstić information content (AvgIpc) is 2.93. The molecule has 0 unspecified atom stereocenters. The number of hydrogen-bond acceptors (Lipinski definition) is 4. The molecular weight excluding hydrogens is 553 g/mol. The molecule has 3 rings (SSSR count). The van der Waals surface area contributed by atoms with E-state index in [4.69, 9.17) is 11.6 Å². The molecule has 0 aliphatic carbocycles. The summed E-state index contributed by atoms with van der Waals surface area (Å²) >= 11 is 6.01. The lowest BCUT2D eigenvalue weighted by molar-refractivity contribution is -0.140. The zero-order chi connectivity index (χ0) is 29.4.